The number of rotatable bonds is 6. The number of hydrogen-bond acceptors (Lipinski definition) is 5. The van der Waals surface area contributed by atoms with Crippen LogP contribution in [-0.2, 0) is 0 Å². The highest BCUT2D eigenvalue weighted by atomic mass is 16.5. The van der Waals surface area contributed by atoms with Gasteiger partial charge in [-0.2, -0.15) is 4.98 Å². The van der Waals surface area contributed by atoms with E-state index in [1.807, 2.05) is 6.92 Å². The van der Waals surface area contributed by atoms with Gasteiger partial charge in [-0.1, -0.05) is 5.16 Å². The Morgan fingerprint density at radius 2 is 2.12 bits per heavy atom. The van der Waals surface area contributed by atoms with Gasteiger partial charge in [-0.05, 0) is 33.6 Å². The van der Waals surface area contributed by atoms with Gasteiger partial charge in [0.25, 0.3) is 0 Å². The van der Waals surface area contributed by atoms with E-state index in [0.717, 1.165) is 5.82 Å². The molecule has 1 aromatic rings. The molecular formula is C12H21N3O2. The Morgan fingerprint density at radius 1 is 1.41 bits per heavy atom. The fraction of sp³-hybridized carbons (Fsp3) is 0.833. The lowest BCUT2D eigenvalue weighted by Crippen LogP contribution is -2.36. The van der Waals surface area contributed by atoms with Crippen LogP contribution in [0.25, 0.3) is 0 Å². The summed E-state index contributed by atoms with van der Waals surface area (Å²) in [4.78, 5) is 6.61. The molecule has 0 radical (unpaired) electrons. The fourth-order valence-electron chi connectivity index (χ4n) is 2.08. The van der Waals surface area contributed by atoms with E-state index in [-0.39, 0.29) is 12.6 Å². The summed E-state index contributed by atoms with van der Waals surface area (Å²) in [5, 5.41) is 13.1. The molecule has 5 heteroatoms. The van der Waals surface area contributed by atoms with Gasteiger partial charge in [0.1, 0.15) is 0 Å². The molecule has 0 spiro atoms. The molecule has 1 saturated carbocycles. The summed E-state index contributed by atoms with van der Waals surface area (Å²) in [6.07, 6.45) is 2.36. The van der Waals surface area contributed by atoms with E-state index in [4.69, 9.17) is 9.63 Å². The minimum Gasteiger partial charge on any atom is -0.395 e. The van der Waals surface area contributed by atoms with Crippen molar-refractivity contribution in [1.82, 2.24) is 15.0 Å². The van der Waals surface area contributed by atoms with Gasteiger partial charge < -0.3 is 9.63 Å². The number of aromatic nitrogens is 2. The minimum atomic E-state index is 0.0575. The molecule has 1 aliphatic carbocycles. The molecule has 0 unspecified atom stereocenters. The van der Waals surface area contributed by atoms with Gasteiger partial charge in [-0.3, -0.25) is 4.90 Å². The zero-order chi connectivity index (χ0) is 12.4. The average Bonchev–Trinajstić information content (AvgIpc) is 3.03. The SMILES string of the molecule is CC(C)N(CCO)[C@@H](C)c1nc(C2CC2)no1. The summed E-state index contributed by atoms with van der Waals surface area (Å²) in [6.45, 7) is 7.01. The van der Waals surface area contributed by atoms with Crippen LogP contribution < -0.4 is 0 Å². The van der Waals surface area contributed by atoms with Crippen LogP contribution in [0.2, 0.25) is 0 Å². The van der Waals surface area contributed by atoms with Crippen LogP contribution in [0.3, 0.4) is 0 Å². The van der Waals surface area contributed by atoms with Crippen molar-refractivity contribution >= 4 is 0 Å². The maximum Gasteiger partial charge on any atom is 0.243 e. The minimum absolute atomic E-state index is 0.0575. The first-order valence-corrected chi connectivity index (χ1v) is 6.33. The number of aliphatic hydroxyl groups is 1. The molecule has 2 rings (SSSR count). The third-order valence-corrected chi connectivity index (χ3v) is 3.28. The van der Waals surface area contributed by atoms with Crippen molar-refractivity contribution < 1.29 is 9.63 Å². The second-order valence-corrected chi connectivity index (χ2v) is 5.00. The zero-order valence-corrected chi connectivity index (χ0v) is 10.8. The normalized spacial score (nSPS) is 18.0. The van der Waals surface area contributed by atoms with Crippen molar-refractivity contribution in [3.8, 4) is 0 Å². The van der Waals surface area contributed by atoms with Crippen LogP contribution >= 0.6 is 0 Å². The third-order valence-electron chi connectivity index (χ3n) is 3.28. The summed E-state index contributed by atoms with van der Waals surface area (Å²) in [7, 11) is 0. The van der Waals surface area contributed by atoms with E-state index in [2.05, 4.69) is 28.9 Å². The predicted octanol–water partition coefficient (Wildman–Crippen LogP) is 1.71. The highest BCUT2D eigenvalue weighted by molar-refractivity contribution is 5.04. The fourth-order valence-corrected chi connectivity index (χ4v) is 2.08. The highest BCUT2D eigenvalue weighted by Gasteiger charge is 2.31. The largest absolute Gasteiger partial charge is 0.395 e. The molecule has 1 fully saturated rings. The van der Waals surface area contributed by atoms with Gasteiger partial charge in [0.05, 0.1) is 12.6 Å². The van der Waals surface area contributed by atoms with Crippen LogP contribution in [-0.4, -0.2) is 39.3 Å². The average molecular weight is 239 g/mol. The molecule has 17 heavy (non-hydrogen) atoms. The third kappa shape index (κ3) is 2.84. The standard InChI is InChI=1S/C12H21N3O2/c1-8(2)15(6-7-16)9(3)12-13-11(14-17-12)10-4-5-10/h8-10,16H,4-7H2,1-3H3/t9-/m0/s1. The Morgan fingerprint density at radius 3 is 2.65 bits per heavy atom. The summed E-state index contributed by atoms with van der Waals surface area (Å²) in [5.74, 6) is 2.03. The summed E-state index contributed by atoms with van der Waals surface area (Å²) in [5.41, 5.74) is 0. The zero-order valence-electron chi connectivity index (χ0n) is 10.8. The quantitative estimate of drug-likeness (QED) is 0.818. The van der Waals surface area contributed by atoms with Crippen molar-refractivity contribution in [2.45, 2.75) is 51.6 Å². The molecule has 1 atom stereocenters. The maximum absolute atomic E-state index is 9.08. The molecule has 1 N–H and O–H groups in total. The van der Waals surface area contributed by atoms with Crippen LogP contribution in [0.1, 0.15) is 57.3 Å². The molecule has 1 heterocycles. The van der Waals surface area contributed by atoms with E-state index < -0.39 is 0 Å². The predicted molar refractivity (Wildman–Crippen MR) is 63.6 cm³/mol. The van der Waals surface area contributed by atoms with Crippen molar-refractivity contribution in [3.05, 3.63) is 11.7 Å². The van der Waals surface area contributed by atoms with E-state index >= 15 is 0 Å². The topological polar surface area (TPSA) is 62.4 Å². The van der Waals surface area contributed by atoms with E-state index in [0.29, 0.717) is 24.4 Å². The number of hydrogen-bond donors (Lipinski definition) is 1. The first-order valence-electron chi connectivity index (χ1n) is 6.33. The lowest BCUT2D eigenvalue weighted by atomic mass is 10.2. The lowest BCUT2D eigenvalue weighted by Gasteiger charge is -2.29. The Kier molecular flexibility index (Phi) is 3.79. The Balaban J connectivity index is 2.07. The molecule has 1 aromatic heterocycles. The van der Waals surface area contributed by atoms with Crippen molar-refractivity contribution in [1.29, 1.82) is 0 Å². The van der Waals surface area contributed by atoms with E-state index in [1.54, 1.807) is 0 Å². The molecule has 0 aromatic carbocycles. The molecule has 0 amide bonds. The smallest absolute Gasteiger partial charge is 0.243 e. The van der Waals surface area contributed by atoms with E-state index in [9.17, 15) is 0 Å². The first-order chi connectivity index (χ1) is 8.13. The van der Waals surface area contributed by atoms with Gasteiger partial charge in [-0.25, -0.2) is 0 Å². The van der Waals surface area contributed by atoms with Crippen LogP contribution in [0, 0.1) is 0 Å². The van der Waals surface area contributed by atoms with Crippen molar-refractivity contribution in [3.63, 3.8) is 0 Å². The molecule has 5 nitrogen and oxygen atoms in total. The highest BCUT2D eigenvalue weighted by Crippen LogP contribution is 2.38. The Bertz CT molecular complexity index is 360. The molecule has 96 valence electrons. The Hall–Kier alpha value is -0.940. The molecular weight excluding hydrogens is 218 g/mol. The molecule has 0 saturated heterocycles. The van der Waals surface area contributed by atoms with Gasteiger partial charge in [0, 0.05) is 18.5 Å². The Labute approximate surface area is 102 Å². The second kappa shape index (κ2) is 5.14. The number of aliphatic hydroxyl groups excluding tert-OH is 1. The van der Waals surface area contributed by atoms with Gasteiger partial charge in [-0.15, -0.1) is 0 Å². The van der Waals surface area contributed by atoms with Crippen molar-refractivity contribution in [2.75, 3.05) is 13.2 Å². The lowest BCUT2D eigenvalue weighted by molar-refractivity contribution is 0.107. The first kappa shape index (κ1) is 12.5. The van der Waals surface area contributed by atoms with Gasteiger partial charge >= 0.3 is 0 Å². The second-order valence-electron chi connectivity index (χ2n) is 5.00. The maximum atomic E-state index is 9.08. The van der Waals surface area contributed by atoms with Gasteiger partial charge in [0.15, 0.2) is 5.82 Å². The van der Waals surface area contributed by atoms with Crippen molar-refractivity contribution in [2.24, 2.45) is 0 Å². The van der Waals surface area contributed by atoms with Gasteiger partial charge in [0.2, 0.25) is 5.89 Å². The van der Waals surface area contributed by atoms with E-state index in [1.165, 1.54) is 12.8 Å². The monoisotopic (exact) mass is 239 g/mol. The van der Waals surface area contributed by atoms with Crippen LogP contribution in [0.15, 0.2) is 4.52 Å². The molecule has 1 aliphatic rings. The summed E-state index contributed by atoms with van der Waals surface area (Å²) >= 11 is 0. The van der Waals surface area contributed by atoms with Crippen LogP contribution in [0.4, 0.5) is 0 Å². The molecule has 0 bridgehead atoms. The number of nitrogens with zero attached hydrogens (tertiary/aromatic N) is 3. The summed E-state index contributed by atoms with van der Waals surface area (Å²) < 4.78 is 5.32. The van der Waals surface area contributed by atoms with Crippen LogP contribution in [0.5, 0.6) is 0 Å². The summed E-state index contributed by atoms with van der Waals surface area (Å²) in [6, 6.07) is 0.399. The molecule has 0 aliphatic heterocycles.